The van der Waals surface area contributed by atoms with E-state index in [9.17, 15) is 14.4 Å². The fraction of sp³-hybridized carbons (Fsp3) is 0.769. The SMILES string of the molecule is CCC(C)N(CC(=O)O)C(=O)N(C)CCCC(=O)OC. The van der Waals surface area contributed by atoms with E-state index in [2.05, 4.69) is 4.74 Å². The molecule has 1 unspecified atom stereocenters. The van der Waals surface area contributed by atoms with Crippen LogP contribution in [0.1, 0.15) is 33.1 Å². The van der Waals surface area contributed by atoms with Crippen LogP contribution in [-0.2, 0) is 14.3 Å². The highest BCUT2D eigenvalue weighted by Gasteiger charge is 2.24. The molecule has 0 aliphatic carbocycles. The fourth-order valence-corrected chi connectivity index (χ4v) is 1.66. The van der Waals surface area contributed by atoms with Crippen molar-refractivity contribution in [3.8, 4) is 0 Å². The molecule has 1 atom stereocenters. The topological polar surface area (TPSA) is 87.2 Å². The first-order valence-corrected chi connectivity index (χ1v) is 6.63. The summed E-state index contributed by atoms with van der Waals surface area (Å²) >= 11 is 0. The molecular weight excluding hydrogens is 264 g/mol. The summed E-state index contributed by atoms with van der Waals surface area (Å²) in [5.41, 5.74) is 0. The van der Waals surface area contributed by atoms with Gasteiger partial charge in [0.25, 0.3) is 0 Å². The molecule has 0 bridgehead atoms. The molecule has 0 aliphatic rings. The monoisotopic (exact) mass is 288 g/mol. The van der Waals surface area contributed by atoms with E-state index in [1.165, 1.54) is 16.9 Å². The van der Waals surface area contributed by atoms with E-state index >= 15 is 0 Å². The zero-order valence-corrected chi connectivity index (χ0v) is 12.6. The van der Waals surface area contributed by atoms with Crippen LogP contribution < -0.4 is 0 Å². The van der Waals surface area contributed by atoms with Crippen molar-refractivity contribution in [2.75, 3.05) is 27.2 Å². The molecule has 116 valence electrons. The quantitative estimate of drug-likeness (QED) is 0.678. The summed E-state index contributed by atoms with van der Waals surface area (Å²) in [6, 6.07) is -0.492. The van der Waals surface area contributed by atoms with E-state index < -0.39 is 5.97 Å². The first-order chi connectivity index (χ1) is 9.33. The number of aliphatic carboxylic acids is 1. The zero-order valence-electron chi connectivity index (χ0n) is 12.6. The summed E-state index contributed by atoms with van der Waals surface area (Å²) in [5, 5.41) is 8.87. The van der Waals surface area contributed by atoms with Crippen LogP contribution in [0.25, 0.3) is 0 Å². The van der Waals surface area contributed by atoms with E-state index in [1.54, 1.807) is 7.05 Å². The molecule has 0 fully saturated rings. The molecule has 2 amide bonds. The van der Waals surface area contributed by atoms with Gasteiger partial charge in [0.15, 0.2) is 0 Å². The van der Waals surface area contributed by atoms with Gasteiger partial charge in [0.05, 0.1) is 7.11 Å². The van der Waals surface area contributed by atoms with Crippen molar-refractivity contribution in [1.29, 1.82) is 0 Å². The van der Waals surface area contributed by atoms with Crippen LogP contribution in [0.4, 0.5) is 4.79 Å². The second kappa shape index (κ2) is 9.17. The van der Waals surface area contributed by atoms with E-state index in [0.717, 1.165) is 0 Å². The minimum absolute atomic E-state index is 0.151. The minimum atomic E-state index is -1.04. The van der Waals surface area contributed by atoms with Crippen molar-refractivity contribution in [2.24, 2.45) is 0 Å². The maximum absolute atomic E-state index is 12.2. The van der Waals surface area contributed by atoms with E-state index in [1.807, 2.05) is 13.8 Å². The zero-order chi connectivity index (χ0) is 15.7. The van der Waals surface area contributed by atoms with Gasteiger partial charge in [0, 0.05) is 26.1 Å². The number of nitrogens with zero attached hydrogens (tertiary/aromatic N) is 2. The second-order valence-corrected chi connectivity index (χ2v) is 4.66. The van der Waals surface area contributed by atoms with Crippen LogP contribution in [0.15, 0.2) is 0 Å². The molecule has 0 saturated carbocycles. The molecule has 7 heteroatoms. The van der Waals surface area contributed by atoms with E-state index in [4.69, 9.17) is 5.11 Å². The number of carboxylic acids is 1. The maximum atomic E-state index is 12.2. The Labute approximate surface area is 119 Å². The molecule has 0 spiro atoms. The van der Waals surface area contributed by atoms with Crippen molar-refractivity contribution in [2.45, 2.75) is 39.2 Å². The molecule has 0 heterocycles. The van der Waals surface area contributed by atoms with Gasteiger partial charge in [-0.25, -0.2) is 4.79 Å². The van der Waals surface area contributed by atoms with Gasteiger partial charge in [0.1, 0.15) is 6.54 Å². The Balaban J connectivity index is 4.47. The van der Waals surface area contributed by atoms with Gasteiger partial charge in [-0.2, -0.15) is 0 Å². The molecule has 0 aromatic carbocycles. The largest absolute Gasteiger partial charge is 0.480 e. The predicted molar refractivity (Wildman–Crippen MR) is 73.4 cm³/mol. The summed E-state index contributed by atoms with van der Waals surface area (Å²) in [6.45, 7) is 3.75. The van der Waals surface area contributed by atoms with Crippen LogP contribution >= 0.6 is 0 Å². The number of carbonyl (C=O) groups is 3. The smallest absolute Gasteiger partial charge is 0.323 e. The maximum Gasteiger partial charge on any atom is 0.323 e. The van der Waals surface area contributed by atoms with Crippen LogP contribution in [0, 0.1) is 0 Å². The normalized spacial score (nSPS) is 11.6. The van der Waals surface area contributed by atoms with Crippen molar-refractivity contribution >= 4 is 18.0 Å². The average molecular weight is 288 g/mol. The van der Waals surface area contributed by atoms with Gasteiger partial charge in [-0.05, 0) is 19.8 Å². The Bertz CT molecular complexity index is 346. The number of carboxylic acid groups (broad SMARTS) is 1. The van der Waals surface area contributed by atoms with E-state index in [-0.39, 0.29) is 31.0 Å². The summed E-state index contributed by atoms with van der Waals surface area (Å²) in [4.78, 5) is 36.8. The third kappa shape index (κ3) is 6.40. The number of ether oxygens (including phenoxy) is 1. The molecule has 0 aromatic rings. The first kappa shape index (κ1) is 18.2. The van der Waals surface area contributed by atoms with Crippen LogP contribution in [0.3, 0.4) is 0 Å². The average Bonchev–Trinajstić information content (AvgIpc) is 2.42. The van der Waals surface area contributed by atoms with E-state index in [0.29, 0.717) is 19.4 Å². The predicted octanol–water partition coefficient (Wildman–Crippen LogP) is 1.18. The lowest BCUT2D eigenvalue weighted by atomic mass is 10.2. The lowest BCUT2D eigenvalue weighted by molar-refractivity contribution is -0.140. The van der Waals surface area contributed by atoms with Crippen LogP contribution in [-0.4, -0.2) is 66.2 Å². The van der Waals surface area contributed by atoms with Gasteiger partial charge in [-0.15, -0.1) is 0 Å². The highest BCUT2D eigenvalue weighted by molar-refractivity contribution is 5.80. The standard InChI is InChI=1S/C13H24N2O5/c1-5-10(2)15(9-11(16)17)13(19)14(3)8-6-7-12(18)20-4/h10H,5-9H2,1-4H3,(H,16,17). The summed E-state index contributed by atoms with van der Waals surface area (Å²) in [7, 11) is 2.91. The Morgan fingerprint density at radius 2 is 1.90 bits per heavy atom. The molecule has 0 aromatic heterocycles. The van der Waals surface area contributed by atoms with Gasteiger partial charge in [0.2, 0.25) is 0 Å². The molecule has 7 nitrogen and oxygen atoms in total. The Kier molecular flexibility index (Phi) is 8.35. The third-order valence-electron chi connectivity index (χ3n) is 3.10. The van der Waals surface area contributed by atoms with Gasteiger partial charge >= 0.3 is 18.0 Å². The number of carbonyl (C=O) groups excluding carboxylic acids is 2. The lowest BCUT2D eigenvalue weighted by Crippen LogP contribution is -2.48. The Morgan fingerprint density at radius 1 is 1.30 bits per heavy atom. The molecule has 1 N–H and O–H groups in total. The Hall–Kier alpha value is -1.79. The molecule has 0 radical (unpaired) electrons. The molecule has 20 heavy (non-hydrogen) atoms. The van der Waals surface area contributed by atoms with Crippen LogP contribution in [0.2, 0.25) is 0 Å². The second-order valence-electron chi connectivity index (χ2n) is 4.66. The number of urea groups is 1. The van der Waals surface area contributed by atoms with Crippen LogP contribution in [0.5, 0.6) is 0 Å². The minimum Gasteiger partial charge on any atom is -0.480 e. The molecule has 0 aliphatic heterocycles. The molecular formula is C13H24N2O5. The molecule has 0 rings (SSSR count). The van der Waals surface area contributed by atoms with Crippen molar-refractivity contribution in [1.82, 2.24) is 9.80 Å². The highest BCUT2D eigenvalue weighted by atomic mass is 16.5. The fourth-order valence-electron chi connectivity index (χ4n) is 1.66. The number of methoxy groups -OCH3 is 1. The van der Waals surface area contributed by atoms with Crippen molar-refractivity contribution < 1.29 is 24.2 Å². The number of esters is 1. The summed E-state index contributed by atoms with van der Waals surface area (Å²) < 4.78 is 4.52. The molecule has 0 saturated heterocycles. The number of amides is 2. The summed E-state index contributed by atoms with van der Waals surface area (Å²) in [6.07, 6.45) is 1.39. The summed E-state index contributed by atoms with van der Waals surface area (Å²) in [5.74, 6) is -1.36. The Morgan fingerprint density at radius 3 is 2.35 bits per heavy atom. The van der Waals surface area contributed by atoms with Crippen molar-refractivity contribution in [3.63, 3.8) is 0 Å². The third-order valence-corrected chi connectivity index (χ3v) is 3.10. The first-order valence-electron chi connectivity index (χ1n) is 6.63. The van der Waals surface area contributed by atoms with Crippen molar-refractivity contribution in [3.05, 3.63) is 0 Å². The highest BCUT2D eigenvalue weighted by Crippen LogP contribution is 2.08. The van der Waals surface area contributed by atoms with Gasteiger partial charge in [-0.1, -0.05) is 6.92 Å². The lowest BCUT2D eigenvalue weighted by Gasteiger charge is -2.31. The van der Waals surface area contributed by atoms with Gasteiger partial charge in [-0.3, -0.25) is 9.59 Å². The number of hydrogen-bond donors (Lipinski definition) is 1. The number of rotatable bonds is 8. The number of hydrogen-bond acceptors (Lipinski definition) is 4. The van der Waals surface area contributed by atoms with Gasteiger partial charge < -0.3 is 19.6 Å².